The standard InChI is InChI=1S/C35H69O8P.C5H14NO/c1-3-5-7-9-11-13-15-17-19-21-23-25-27-29-34(36)41-31-33(32-42-44(38,39)40)43-35(37)30-28-26-24-22-20-18-16-14-12-10-8-6-4-2;1-6(2,3)4-5-7/h33H,3-32H2,1-2H3,(H2,38,39,40);7H,4-5H2,1-3H3/q;+1/t33-;/m1./s1. The predicted molar refractivity (Wildman–Crippen MR) is 209 cm³/mol. The first kappa shape index (κ1) is 52.1. The lowest BCUT2D eigenvalue weighted by Gasteiger charge is -2.21. The second kappa shape index (κ2) is 37.3. The molecule has 0 aliphatic heterocycles. The minimum absolute atomic E-state index is 0.219. The summed E-state index contributed by atoms with van der Waals surface area (Å²) in [6, 6.07) is 0. The third kappa shape index (κ3) is 46.9. The van der Waals surface area contributed by atoms with Crippen LogP contribution in [0.5, 0.6) is 0 Å². The SMILES string of the molecule is CCCCCCCCCCCCCCCC(=O)OC[C@H](COP(=O)(O)O)OC(=O)CCCCCCCCCCCCCCC.C[N+](C)(C)CCO. The van der Waals surface area contributed by atoms with E-state index >= 15 is 0 Å². The number of nitrogens with zero attached hydrogens (tertiary/aromatic N) is 1. The van der Waals surface area contributed by atoms with Gasteiger partial charge in [-0.3, -0.25) is 14.1 Å². The molecule has 0 radical (unpaired) electrons. The van der Waals surface area contributed by atoms with Gasteiger partial charge in [0.15, 0.2) is 6.10 Å². The summed E-state index contributed by atoms with van der Waals surface area (Å²) < 4.78 is 27.1. The van der Waals surface area contributed by atoms with E-state index in [4.69, 9.17) is 24.4 Å². The fourth-order valence-corrected chi connectivity index (χ4v) is 6.03. The first-order valence-electron chi connectivity index (χ1n) is 20.8. The first-order valence-corrected chi connectivity index (χ1v) is 22.3. The Bertz CT molecular complexity index is 816. The Balaban J connectivity index is 0. The number of ether oxygens (including phenoxy) is 2. The molecule has 0 saturated heterocycles. The van der Waals surface area contributed by atoms with Crippen LogP contribution in [0.1, 0.15) is 194 Å². The lowest BCUT2D eigenvalue weighted by Crippen LogP contribution is -2.36. The number of hydrogen-bond donors (Lipinski definition) is 3. The Morgan fingerprint density at radius 1 is 0.549 bits per heavy atom. The van der Waals surface area contributed by atoms with Crippen LogP contribution in [-0.4, -0.2) is 84.9 Å². The Hall–Kier alpha value is -1.03. The summed E-state index contributed by atoms with van der Waals surface area (Å²) in [4.78, 5) is 42.6. The molecule has 51 heavy (non-hydrogen) atoms. The molecular formula is C40H83NO9P+. The van der Waals surface area contributed by atoms with Gasteiger partial charge in [-0.15, -0.1) is 0 Å². The molecule has 0 fully saturated rings. The molecule has 0 heterocycles. The van der Waals surface area contributed by atoms with E-state index in [9.17, 15) is 14.2 Å². The normalized spacial score (nSPS) is 12.3. The van der Waals surface area contributed by atoms with Crippen LogP contribution in [0.2, 0.25) is 0 Å². The summed E-state index contributed by atoms with van der Waals surface area (Å²) in [7, 11) is 1.42. The van der Waals surface area contributed by atoms with Crippen molar-refractivity contribution in [3.05, 3.63) is 0 Å². The maximum Gasteiger partial charge on any atom is 0.469 e. The predicted octanol–water partition coefficient (Wildman–Crippen LogP) is 10.2. The van der Waals surface area contributed by atoms with E-state index in [1.54, 1.807) is 0 Å². The van der Waals surface area contributed by atoms with Gasteiger partial charge < -0.3 is 28.9 Å². The maximum atomic E-state index is 12.3. The zero-order valence-electron chi connectivity index (χ0n) is 33.9. The molecule has 0 unspecified atom stereocenters. The molecule has 0 aliphatic carbocycles. The monoisotopic (exact) mass is 753 g/mol. The lowest BCUT2D eigenvalue weighted by molar-refractivity contribution is -0.870. The number of carbonyl (C=O) groups excluding carboxylic acids is 2. The zero-order chi connectivity index (χ0) is 38.5. The van der Waals surface area contributed by atoms with Crippen molar-refractivity contribution in [1.82, 2.24) is 0 Å². The number of unbranched alkanes of at least 4 members (excludes halogenated alkanes) is 24. The van der Waals surface area contributed by atoms with Gasteiger partial charge in [0, 0.05) is 12.8 Å². The van der Waals surface area contributed by atoms with Crippen molar-refractivity contribution >= 4 is 19.8 Å². The Morgan fingerprint density at radius 3 is 1.18 bits per heavy atom. The number of quaternary nitrogens is 1. The van der Waals surface area contributed by atoms with Crippen molar-refractivity contribution in [2.24, 2.45) is 0 Å². The van der Waals surface area contributed by atoms with E-state index in [0.717, 1.165) is 43.1 Å². The van der Waals surface area contributed by atoms with Crippen LogP contribution in [0.15, 0.2) is 0 Å². The molecule has 0 saturated carbocycles. The fraction of sp³-hybridized carbons (Fsp3) is 0.950. The average Bonchev–Trinajstić information content (AvgIpc) is 3.06. The van der Waals surface area contributed by atoms with Gasteiger partial charge in [-0.2, -0.15) is 0 Å². The fourth-order valence-electron chi connectivity index (χ4n) is 5.67. The van der Waals surface area contributed by atoms with Gasteiger partial charge in [-0.05, 0) is 12.8 Å². The number of rotatable bonds is 36. The third-order valence-corrected chi connectivity index (χ3v) is 9.38. The molecule has 0 aromatic carbocycles. The molecule has 0 spiro atoms. The zero-order valence-corrected chi connectivity index (χ0v) is 34.8. The Morgan fingerprint density at radius 2 is 0.882 bits per heavy atom. The number of aliphatic hydroxyl groups is 1. The number of likely N-dealkylation sites (N-methyl/N-ethyl adjacent to an activating group) is 1. The lowest BCUT2D eigenvalue weighted by atomic mass is 10.0. The minimum Gasteiger partial charge on any atom is -0.462 e. The largest absolute Gasteiger partial charge is 0.469 e. The smallest absolute Gasteiger partial charge is 0.462 e. The molecule has 0 bridgehead atoms. The molecule has 10 nitrogen and oxygen atoms in total. The van der Waals surface area contributed by atoms with Crippen LogP contribution in [0, 0.1) is 0 Å². The molecule has 0 aromatic heterocycles. The summed E-state index contributed by atoms with van der Waals surface area (Å²) in [6.07, 6.45) is 31.0. The van der Waals surface area contributed by atoms with Gasteiger partial charge in [0.2, 0.25) is 0 Å². The van der Waals surface area contributed by atoms with Crippen LogP contribution >= 0.6 is 7.82 Å². The molecule has 0 rings (SSSR count). The number of esters is 2. The van der Waals surface area contributed by atoms with Crippen LogP contribution in [0.4, 0.5) is 0 Å². The highest BCUT2D eigenvalue weighted by atomic mass is 31.2. The summed E-state index contributed by atoms with van der Waals surface area (Å²) in [6.45, 7) is 4.80. The van der Waals surface area contributed by atoms with Crippen LogP contribution in [0.3, 0.4) is 0 Å². The summed E-state index contributed by atoms with van der Waals surface area (Å²) in [5, 5.41) is 8.39. The van der Waals surface area contributed by atoms with Gasteiger partial charge in [0.05, 0.1) is 34.4 Å². The van der Waals surface area contributed by atoms with Crippen molar-refractivity contribution in [2.75, 3.05) is 47.5 Å². The first-order chi connectivity index (χ1) is 24.3. The van der Waals surface area contributed by atoms with E-state index in [1.165, 1.54) is 128 Å². The van der Waals surface area contributed by atoms with Crippen LogP contribution in [-0.2, 0) is 28.2 Å². The highest BCUT2D eigenvalue weighted by Gasteiger charge is 2.23. The van der Waals surface area contributed by atoms with Gasteiger partial charge >= 0.3 is 19.8 Å². The van der Waals surface area contributed by atoms with Crippen molar-refractivity contribution in [1.29, 1.82) is 0 Å². The number of aliphatic hydroxyl groups excluding tert-OH is 1. The van der Waals surface area contributed by atoms with E-state index in [1.807, 2.05) is 0 Å². The second-order valence-electron chi connectivity index (χ2n) is 15.3. The van der Waals surface area contributed by atoms with Crippen LogP contribution in [0.25, 0.3) is 0 Å². The summed E-state index contributed by atoms with van der Waals surface area (Å²) in [5.41, 5.74) is 0. The Kier molecular flexibility index (Phi) is 38.1. The van der Waals surface area contributed by atoms with Crippen LogP contribution < -0.4 is 0 Å². The minimum atomic E-state index is -4.74. The van der Waals surface area contributed by atoms with E-state index in [0.29, 0.717) is 6.42 Å². The van der Waals surface area contributed by atoms with Gasteiger partial charge in [0.25, 0.3) is 0 Å². The van der Waals surface area contributed by atoms with Crippen molar-refractivity contribution in [3.63, 3.8) is 0 Å². The maximum absolute atomic E-state index is 12.3. The van der Waals surface area contributed by atoms with Gasteiger partial charge in [-0.25, -0.2) is 4.57 Å². The highest BCUT2D eigenvalue weighted by molar-refractivity contribution is 7.46. The molecular weight excluding hydrogens is 669 g/mol. The number of carbonyl (C=O) groups is 2. The average molecular weight is 753 g/mol. The molecule has 0 amide bonds. The third-order valence-electron chi connectivity index (χ3n) is 8.90. The number of phosphoric acid groups is 1. The topological polar surface area (TPSA) is 140 Å². The number of hydrogen-bond acceptors (Lipinski definition) is 7. The molecule has 11 heteroatoms. The quantitative estimate of drug-likeness (QED) is 0.0247. The van der Waals surface area contributed by atoms with E-state index in [-0.39, 0.29) is 26.1 Å². The number of phosphoric ester groups is 1. The van der Waals surface area contributed by atoms with Crippen molar-refractivity contribution < 1.29 is 47.5 Å². The Labute approximate surface area is 314 Å². The summed E-state index contributed by atoms with van der Waals surface area (Å²) >= 11 is 0. The molecule has 306 valence electrons. The second-order valence-corrected chi connectivity index (χ2v) is 16.5. The molecule has 0 aromatic rings. The van der Waals surface area contributed by atoms with Crippen molar-refractivity contribution in [3.8, 4) is 0 Å². The highest BCUT2D eigenvalue weighted by Crippen LogP contribution is 2.36. The van der Waals surface area contributed by atoms with Gasteiger partial charge in [0.1, 0.15) is 13.2 Å². The molecule has 0 aliphatic rings. The molecule has 1 atom stereocenters. The van der Waals surface area contributed by atoms with Gasteiger partial charge in [-0.1, -0.05) is 168 Å². The summed E-state index contributed by atoms with van der Waals surface area (Å²) in [5.74, 6) is -0.873. The van der Waals surface area contributed by atoms with E-state index in [2.05, 4.69) is 39.5 Å². The van der Waals surface area contributed by atoms with Crippen molar-refractivity contribution in [2.45, 2.75) is 200 Å². The molecule has 3 N–H and O–H groups in total. The van der Waals surface area contributed by atoms with E-state index < -0.39 is 32.5 Å².